The lowest BCUT2D eigenvalue weighted by molar-refractivity contribution is -0.163. The first kappa shape index (κ1) is 20.6. The summed E-state index contributed by atoms with van der Waals surface area (Å²) < 4.78 is 9.24. The van der Waals surface area contributed by atoms with Crippen molar-refractivity contribution in [2.75, 3.05) is 14.2 Å². The second-order valence-electron chi connectivity index (χ2n) is 6.69. The highest BCUT2D eigenvalue weighted by atomic mass is 16.5. The van der Waals surface area contributed by atoms with Crippen LogP contribution in [-0.2, 0) is 30.1 Å². The first-order chi connectivity index (χ1) is 11.6. The van der Waals surface area contributed by atoms with Crippen molar-refractivity contribution in [1.82, 2.24) is 0 Å². The number of methoxy groups -OCH3 is 2. The molecule has 1 N–H and O–H groups in total. The molecule has 136 valence electrons. The summed E-state index contributed by atoms with van der Waals surface area (Å²) in [7, 11) is 2.52. The molecular weight excluding hydrogens is 320 g/mol. The van der Waals surface area contributed by atoms with Crippen LogP contribution in [0.15, 0.2) is 48.6 Å². The maximum Gasteiger partial charge on any atom is 0.342 e. The number of rotatable bonds is 6. The van der Waals surface area contributed by atoms with Gasteiger partial charge in [0, 0.05) is 12.5 Å². The lowest BCUT2D eigenvalue weighted by Gasteiger charge is -2.26. The largest absolute Gasteiger partial charge is 0.467 e. The minimum absolute atomic E-state index is 0.0139. The van der Waals surface area contributed by atoms with E-state index in [2.05, 4.69) is 25.5 Å². The maximum atomic E-state index is 12.1. The van der Waals surface area contributed by atoms with E-state index < -0.39 is 17.5 Å². The van der Waals surface area contributed by atoms with Gasteiger partial charge in [-0.2, -0.15) is 0 Å². The van der Waals surface area contributed by atoms with Crippen LogP contribution in [0.4, 0.5) is 0 Å². The van der Waals surface area contributed by atoms with E-state index in [1.807, 2.05) is 12.1 Å². The molecule has 0 heterocycles. The zero-order valence-corrected chi connectivity index (χ0v) is 15.4. The molecule has 0 aromatic heterocycles. The standard InChI is InChI=1S/C20H26O5/c1-19(2,3)15-10-12-16(13-11-15)20(23,18(22)25-5)14-8-6-7-9-17(21)24-4/h6-13,23H,14H2,1-5H3/b8-6+,9-7+. The number of benzene rings is 1. The molecule has 1 aromatic rings. The minimum atomic E-state index is -1.79. The predicted molar refractivity (Wildman–Crippen MR) is 96.0 cm³/mol. The molecule has 0 amide bonds. The highest BCUT2D eigenvalue weighted by Gasteiger charge is 2.38. The van der Waals surface area contributed by atoms with Crippen molar-refractivity contribution in [2.24, 2.45) is 0 Å². The van der Waals surface area contributed by atoms with Crippen LogP contribution in [0.2, 0.25) is 0 Å². The molecule has 0 aliphatic carbocycles. The molecule has 1 rings (SSSR count). The van der Waals surface area contributed by atoms with Crippen molar-refractivity contribution < 1.29 is 24.2 Å². The van der Waals surface area contributed by atoms with Crippen LogP contribution in [-0.4, -0.2) is 31.3 Å². The Morgan fingerprint density at radius 3 is 2.04 bits per heavy atom. The van der Waals surface area contributed by atoms with Gasteiger partial charge in [-0.15, -0.1) is 0 Å². The van der Waals surface area contributed by atoms with E-state index in [1.54, 1.807) is 24.3 Å². The van der Waals surface area contributed by atoms with E-state index in [9.17, 15) is 14.7 Å². The SMILES string of the molecule is COC(=O)/C=C/C=C/CC(O)(C(=O)OC)c1ccc(C(C)(C)C)cc1. The van der Waals surface area contributed by atoms with Crippen LogP contribution in [0.3, 0.4) is 0 Å². The van der Waals surface area contributed by atoms with Crippen LogP contribution in [0.1, 0.15) is 38.3 Å². The Morgan fingerprint density at radius 2 is 1.56 bits per heavy atom. The van der Waals surface area contributed by atoms with Gasteiger partial charge in [0.25, 0.3) is 0 Å². The van der Waals surface area contributed by atoms with Crippen LogP contribution >= 0.6 is 0 Å². The van der Waals surface area contributed by atoms with Gasteiger partial charge in [0.05, 0.1) is 14.2 Å². The van der Waals surface area contributed by atoms with Crippen LogP contribution < -0.4 is 0 Å². The molecule has 1 atom stereocenters. The minimum Gasteiger partial charge on any atom is -0.467 e. The fraction of sp³-hybridized carbons (Fsp3) is 0.400. The van der Waals surface area contributed by atoms with Gasteiger partial charge in [-0.25, -0.2) is 9.59 Å². The van der Waals surface area contributed by atoms with Crippen LogP contribution in [0.25, 0.3) is 0 Å². The number of esters is 2. The van der Waals surface area contributed by atoms with Crippen LogP contribution in [0.5, 0.6) is 0 Å². The monoisotopic (exact) mass is 346 g/mol. The quantitative estimate of drug-likeness (QED) is 0.487. The summed E-state index contributed by atoms with van der Waals surface area (Å²) in [5.41, 5.74) is -0.268. The molecule has 0 fully saturated rings. The number of aliphatic hydroxyl groups is 1. The molecule has 5 heteroatoms. The van der Waals surface area contributed by atoms with Gasteiger partial charge in [0.1, 0.15) is 0 Å². The summed E-state index contributed by atoms with van der Waals surface area (Å²) >= 11 is 0. The van der Waals surface area contributed by atoms with E-state index >= 15 is 0 Å². The zero-order valence-electron chi connectivity index (χ0n) is 15.4. The zero-order chi connectivity index (χ0) is 19.1. The third-order valence-electron chi connectivity index (χ3n) is 3.85. The van der Waals surface area contributed by atoms with Gasteiger partial charge >= 0.3 is 11.9 Å². The Balaban J connectivity index is 3.03. The third-order valence-corrected chi connectivity index (χ3v) is 3.85. The second kappa shape index (κ2) is 8.62. The van der Waals surface area contributed by atoms with Gasteiger partial charge in [-0.1, -0.05) is 63.3 Å². The lowest BCUT2D eigenvalue weighted by atomic mass is 9.84. The molecular formula is C20H26O5. The summed E-state index contributed by atoms with van der Waals surface area (Å²) in [6, 6.07) is 7.25. The molecule has 0 radical (unpaired) electrons. The van der Waals surface area contributed by atoms with Crippen molar-refractivity contribution in [3.63, 3.8) is 0 Å². The van der Waals surface area contributed by atoms with Crippen molar-refractivity contribution in [1.29, 1.82) is 0 Å². The van der Waals surface area contributed by atoms with Crippen molar-refractivity contribution in [3.05, 3.63) is 59.7 Å². The third kappa shape index (κ3) is 5.57. The topological polar surface area (TPSA) is 72.8 Å². The second-order valence-corrected chi connectivity index (χ2v) is 6.69. The number of ether oxygens (including phenoxy) is 2. The number of allylic oxidation sites excluding steroid dienone is 2. The molecule has 0 spiro atoms. The van der Waals surface area contributed by atoms with Gasteiger partial charge in [-0.3, -0.25) is 0 Å². The number of carbonyl (C=O) groups excluding carboxylic acids is 2. The van der Waals surface area contributed by atoms with Crippen molar-refractivity contribution >= 4 is 11.9 Å². The highest BCUT2D eigenvalue weighted by molar-refractivity contribution is 5.82. The molecule has 5 nitrogen and oxygen atoms in total. The molecule has 0 aliphatic rings. The predicted octanol–water partition coefficient (Wildman–Crippen LogP) is 3.02. The van der Waals surface area contributed by atoms with E-state index in [1.165, 1.54) is 26.4 Å². The molecule has 1 aromatic carbocycles. The fourth-order valence-corrected chi connectivity index (χ4v) is 2.25. The first-order valence-corrected chi connectivity index (χ1v) is 7.98. The van der Waals surface area contributed by atoms with Crippen molar-refractivity contribution in [2.45, 2.75) is 38.2 Å². The number of hydrogen-bond acceptors (Lipinski definition) is 5. The number of hydrogen-bond donors (Lipinski definition) is 1. The average molecular weight is 346 g/mol. The maximum absolute atomic E-state index is 12.1. The Kier molecular flexibility index (Phi) is 7.12. The van der Waals surface area contributed by atoms with E-state index in [-0.39, 0.29) is 11.8 Å². The summed E-state index contributed by atoms with van der Waals surface area (Å²) in [5, 5.41) is 10.9. The van der Waals surface area contributed by atoms with Crippen molar-refractivity contribution in [3.8, 4) is 0 Å². The Hall–Kier alpha value is -2.40. The average Bonchev–Trinajstić information content (AvgIpc) is 2.59. The fourth-order valence-electron chi connectivity index (χ4n) is 2.25. The smallest absolute Gasteiger partial charge is 0.342 e. The number of carbonyl (C=O) groups is 2. The molecule has 0 bridgehead atoms. The highest BCUT2D eigenvalue weighted by Crippen LogP contribution is 2.30. The van der Waals surface area contributed by atoms with Gasteiger partial charge < -0.3 is 14.6 Å². The molecule has 25 heavy (non-hydrogen) atoms. The Bertz CT molecular complexity index is 650. The summed E-state index contributed by atoms with van der Waals surface area (Å²) in [4.78, 5) is 23.1. The van der Waals surface area contributed by atoms with E-state index in [0.29, 0.717) is 5.56 Å². The van der Waals surface area contributed by atoms with E-state index in [4.69, 9.17) is 4.74 Å². The van der Waals surface area contributed by atoms with Gasteiger partial charge in [0.15, 0.2) is 5.60 Å². The molecule has 0 aliphatic heterocycles. The van der Waals surface area contributed by atoms with Gasteiger partial charge in [-0.05, 0) is 16.5 Å². The molecule has 0 saturated carbocycles. The molecule has 1 unspecified atom stereocenters. The Labute approximate surface area is 149 Å². The lowest BCUT2D eigenvalue weighted by Crippen LogP contribution is -2.36. The first-order valence-electron chi connectivity index (χ1n) is 7.98. The summed E-state index contributed by atoms with van der Waals surface area (Å²) in [6.07, 6.45) is 5.89. The van der Waals surface area contributed by atoms with Crippen LogP contribution in [0, 0.1) is 0 Å². The molecule has 0 saturated heterocycles. The van der Waals surface area contributed by atoms with Gasteiger partial charge in [0.2, 0.25) is 0 Å². The summed E-state index contributed by atoms with van der Waals surface area (Å²) in [6.45, 7) is 6.26. The summed E-state index contributed by atoms with van der Waals surface area (Å²) in [5.74, 6) is -1.22. The Morgan fingerprint density at radius 1 is 1.00 bits per heavy atom. The normalized spacial score (nSPS) is 14.5. The van der Waals surface area contributed by atoms with E-state index in [0.717, 1.165) is 5.56 Å².